The second-order valence-corrected chi connectivity index (χ2v) is 8.34. The highest BCUT2D eigenvalue weighted by atomic mass is 16.6. The van der Waals surface area contributed by atoms with Gasteiger partial charge in [0, 0.05) is 6.61 Å². The van der Waals surface area contributed by atoms with Gasteiger partial charge in [0.05, 0.1) is 5.92 Å². The number of aliphatic hydroxyl groups excluding tert-OH is 1. The highest BCUT2D eigenvalue weighted by molar-refractivity contribution is 5.81. The number of rotatable bonds is 12. The van der Waals surface area contributed by atoms with E-state index in [2.05, 4.69) is 5.32 Å². The van der Waals surface area contributed by atoms with Gasteiger partial charge < -0.3 is 25.4 Å². The first kappa shape index (κ1) is 25.4. The second-order valence-electron chi connectivity index (χ2n) is 8.34. The lowest BCUT2D eigenvalue weighted by Gasteiger charge is -2.23. The van der Waals surface area contributed by atoms with Crippen LogP contribution in [0, 0.1) is 5.92 Å². The van der Waals surface area contributed by atoms with E-state index in [0.29, 0.717) is 25.7 Å². The van der Waals surface area contributed by atoms with Crippen molar-refractivity contribution in [2.75, 3.05) is 6.61 Å². The summed E-state index contributed by atoms with van der Waals surface area (Å²) < 4.78 is 5.06. The average Bonchev–Trinajstić information content (AvgIpc) is 2.63. The maximum atomic E-state index is 11.9. The van der Waals surface area contributed by atoms with Gasteiger partial charge in [0.1, 0.15) is 11.6 Å². The summed E-state index contributed by atoms with van der Waals surface area (Å²) in [5.41, 5.74) is 1.41. The number of aryl methyl sites for hydroxylation is 2. The lowest BCUT2D eigenvalue weighted by Crippen LogP contribution is -2.45. The van der Waals surface area contributed by atoms with Crippen molar-refractivity contribution in [1.29, 1.82) is 0 Å². The molecule has 1 aromatic carbocycles. The Morgan fingerprint density at radius 2 is 1.50 bits per heavy atom. The number of benzene rings is 1. The van der Waals surface area contributed by atoms with Crippen LogP contribution >= 0.6 is 0 Å². The Labute approximate surface area is 177 Å². The molecule has 0 radical (unpaired) electrons. The number of nitrogens with one attached hydrogen (secondary N) is 1. The first-order valence-electron chi connectivity index (χ1n) is 10.2. The van der Waals surface area contributed by atoms with Crippen molar-refractivity contribution < 1.29 is 34.4 Å². The van der Waals surface area contributed by atoms with Crippen LogP contribution in [-0.2, 0) is 27.2 Å². The fourth-order valence-corrected chi connectivity index (χ4v) is 3.01. The second kappa shape index (κ2) is 12.2. The van der Waals surface area contributed by atoms with Gasteiger partial charge in [-0.2, -0.15) is 0 Å². The van der Waals surface area contributed by atoms with E-state index < -0.39 is 35.6 Å². The third-order valence-electron chi connectivity index (χ3n) is 4.52. The summed E-state index contributed by atoms with van der Waals surface area (Å²) in [6, 6.07) is 6.60. The third kappa shape index (κ3) is 10.2. The number of amides is 1. The molecule has 0 saturated heterocycles. The Hall–Kier alpha value is -2.61. The van der Waals surface area contributed by atoms with Crippen molar-refractivity contribution in [3.05, 3.63) is 35.4 Å². The van der Waals surface area contributed by atoms with E-state index in [1.54, 1.807) is 20.8 Å². The number of ether oxygens (including phenoxy) is 1. The molecule has 0 spiro atoms. The van der Waals surface area contributed by atoms with Gasteiger partial charge in [-0.25, -0.2) is 9.59 Å². The summed E-state index contributed by atoms with van der Waals surface area (Å²) in [5, 5.41) is 30.0. The Bertz CT molecular complexity index is 694. The predicted octanol–water partition coefficient (Wildman–Crippen LogP) is 3.00. The molecule has 8 heteroatoms. The molecule has 8 nitrogen and oxygen atoms in total. The highest BCUT2D eigenvalue weighted by Crippen LogP contribution is 2.18. The van der Waals surface area contributed by atoms with Gasteiger partial charge in [-0.1, -0.05) is 24.3 Å². The third-order valence-corrected chi connectivity index (χ3v) is 4.52. The van der Waals surface area contributed by atoms with E-state index in [1.807, 2.05) is 24.3 Å². The molecular formula is C22H33NO7. The molecule has 0 aliphatic carbocycles. The summed E-state index contributed by atoms with van der Waals surface area (Å²) >= 11 is 0. The van der Waals surface area contributed by atoms with E-state index in [1.165, 1.54) is 0 Å². The molecule has 0 heterocycles. The zero-order valence-corrected chi connectivity index (χ0v) is 17.9. The molecule has 4 N–H and O–H groups in total. The Morgan fingerprint density at radius 3 is 1.93 bits per heavy atom. The number of aliphatic hydroxyl groups is 1. The smallest absolute Gasteiger partial charge is 0.408 e. The standard InChI is InChI=1S/C22H33NO7/c1-22(2,3)30-21(29)23-18(20(27)28)14-17(19(25)26)8-4-6-15-9-11-16(12-10-15)7-5-13-24/h9-12,17-18,24H,4-8,13-14H2,1-3H3,(H,23,29)(H,25,26)(H,27,28)/t17-,18+/m0/s1. The zero-order chi connectivity index (χ0) is 22.7. The first-order chi connectivity index (χ1) is 14.0. The minimum Gasteiger partial charge on any atom is -0.481 e. The van der Waals surface area contributed by atoms with Crippen LogP contribution in [-0.4, -0.2) is 51.6 Å². The van der Waals surface area contributed by atoms with E-state index in [4.69, 9.17) is 9.84 Å². The van der Waals surface area contributed by atoms with Crippen molar-refractivity contribution in [2.45, 2.75) is 70.9 Å². The van der Waals surface area contributed by atoms with Gasteiger partial charge in [-0.15, -0.1) is 0 Å². The monoisotopic (exact) mass is 423 g/mol. The number of carbonyl (C=O) groups excluding carboxylic acids is 1. The molecule has 0 unspecified atom stereocenters. The molecular weight excluding hydrogens is 390 g/mol. The van der Waals surface area contributed by atoms with Gasteiger partial charge in [-0.3, -0.25) is 4.79 Å². The van der Waals surface area contributed by atoms with Crippen LogP contribution in [0.1, 0.15) is 57.6 Å². The summed E-state index contributed by atoms with van der Waals surface area (Å²) in [5.74, 6) is -3.29. The number of hydrogen-bond acceptors (Lipinski definition) is 5. The molecule has 30 heavy (non-hydrogen) atoms. The zero-order valence-electron chi connectivity index (χ0n) is 17.9. The molecule has 1 rings (SSSR count). The van der Waals surface area contributed by atoms with Crippen molar-refractivity contribution in [3.8, 4) is 0 Å². The van der Waals surface area contributed by atoms with Crippen molar-refractivity contribution in [2.24, 2.45) is 5.92 Å². The lowest BCUT2D eigenvalue weighted by atomic mass is 9.93. The number of carbonyl (C=O) groups is 3. The topological polar surface area (TPSA) is 133 Å². The number of hydrogen-bond donors (Lipinski definition) is 4. The van der Waals surface area contributed by atoms with Gasteiger partial charge in [-0.05, 0) is 70.4 Å². The minimum atomic E-state index is -1.34. The quantitative estimate of drug-likeness (QED) is 0.406. The molecule has 168 valence electrons. The molecule has 0 bridgehead atoms. The van der Waals surface area contributed by atoms with Crippen LogP contribution < -0.4 is 5.32 Å². The van der Waals surface area contributed by atoms with Crippen LogP contribution in [0.4, 0.5) is 4.79 Å². The molecule has 0 saturated carbocycles. The van der Waals surface area contributed by atoms with E-state index in [0.717, 1.165) is 17.5 Å². The number of carboxylic acids is 2. The fourth-order valence-electron chi connectivity index (χ4n) is 3.01. The van der Waals surface area contributed by atoms with Crippen molar-refractivity contribution >= 4 is 18.0 Å². The molecule has 0 aliphatic heterocycles. The maximum Gasteiger partial charge on any atom is 0.408 e. The Kier molecular flexibility index (Phi) is 10.3. The molecule has 2 atom stereocenters. The number of carboxylic acid groups (broad SMARTS) is 2. The summed E-state index contributed by atoms with van der Waals surface area (Å²) in [6.07, 6.45) is 1.94. The Balaban J connectivity index is 2.60. The summed E-state index contributed by atoms with van der Waals surface area (Å²) in [4.78, 5) is 34.9. The van der Waals surface area contributed by atoms with Gasteiger partial charge in [0.15, 0.2) is 0 Å². The largest absolute Gasteiger partial charge is 0.481 e. The van der Waals surface area contributed by atoms with E-state index >= 15 is 0 Å². The predicted molar refractivity (Wildman–Crippen MR) is 111 cm³/mol. The van der Waals surface area contributed by atoms with Gasteiger partial charge >= 0.3 is 18.0 Å². The lowest BCUT2D eigenvalue weighted by molar-refractivity contribution is -0.144. The van der Waals surface area contributed by atoms with Crippen LogP contribution in [0.2, 0.25) is 0 Å². The molecule has 1 amide bonds. The van der Waals surface area contributed by atoms with Crippen LogP contribution in [0.3, 0.4) is 0 Å². The molecule has 1 aromatic rings. The van der Waals surface area contributed by atoms with Crippen molar-refractivity contribution in [3.63, 3.8) is 0 Å². The minimum absolute atomic E-state index is 0.151. The SMILES string of the molecule is CC(C)(C)OC(=O)N[C@H](C[C@H](CCCc1ccc(CCCO)cc1)C(=O)O)C(=O)O. The number of alkyl carbamates (subject to hydrolysis) is 1. The van der Waals surface area contributed by atoms with Crippen molar-refractivity contribution in [1.82, 2.24) is 5.32 Å². The fraction of sp³-hybridized carbons (Fsp3) is 0.591. The molecule has 0 aromatic heterocycles. The van der Waals surface area contributed by atoms with Crippen LogP contribution in [0.25, 0.3) is 0 Å². The maximum absolute atomic E-state index is 11.9. The van der Waals surface area contributed by atoms with Gasteiger partial charge in [0.2, 0.25) is 0 Å². The Morgan fingerprint density at radius 1 is 0.967 bits per heavy atom. The summed E-state index contributed by atoms with van der Waals surface area (Å²) in [6.45, 7) is 5.11. The summed E-state index contributed by atoms with van der Waals surface area (Å²) in [7, 11) is 0. The normalized spacial score (nSPS) is 13.3. The molecule has 0 aliphatic rings. The number of aliphatic carboxylic acids is 2. The highest BCUT2D eigenvalue weighted by Gasteiger charge is 2.29. The van der Waals surface area contributed by atoms with E-state index in [9.17, 15) is 24.6 Å². The van der Waals surface area contributed by atoms with E-state index in [-0.39, 0.29) is 13.0 Å². The van der Waals surface area contributed by atoms with Crippen LogP contribution in [0.15, 0.2) is 24.3 Å². The van der Waals surface area contributed by atoms with Gasteiger partial charge in [0.25, 0.3) is 0 Å². The molecule has 0 fully saturated rings. The first-order valence-corrected chi connectivity index (χ1v) is 10.2. The van der Waals surface area contributed by atoms with Crippen LogP contribution in [0.5, 0.6) is 0 Å². The average molecular weight is 424 g/mol.